The molecule has 1 aliphatic heterocycles. The first-order valence-corrected chi connectivity index (χ1v) is 12.4. The lowest BCUT2D eigenvalue weighted by Gasteiger charge is -2.21. The van der Waals surface area contributed by atoms with E-state index in [0.29, 0.717) is 11.3 Å². The van der Waals surface area contributed by atoms with Crippen LogP contribution in [0.5, 0.6) is 0 Å². The largest absolute Gasteiger partial charge is 0.481 e. The van der Waals surface area contributed by atoms with E-state index in [2.05, 4.69) is 5.10 Å². The maximum Gasteiger partial charge on any atom is 0.416 e. The van der Waals surface area contributed by atoms with E-state index >= 15 is 0 Å². The SMILES string of the molecule is CC1=CC(OC(c2ccccc2)c2nn(-c3ccc(C(F)(F)F)cc3)c(=O)n2C)=C(C)[SH]1CC(=O)O. The summed E-state index contributed by atoms with van der Waals surface area (Å²) in [6, 6.07) is 13.2. The highest BCUT2D eigenvalue weighted by atomic mass is 32.2. The average molecular weight is 520 g/mol. The lowest BCUT2D eigenvalue weighted by atomic mass is 10.1. The molecule has 0 radical (unpaired) electrons. The van der Waals surface area contributed by atoms with Gasteiger partial charge >= 0.3 is 17.8 Å². The number of thiol groups is 1. The van der Waals surface area contributed by atoms with Crippen molar-refractivity contribution in [2.24, 2.45) is 7.05 Å². The zero-order chi connectivity index (χ0) is 26.2. The third-order valence-electron chi connectivity index (χ3n) is 5.86. The quantitative estimate of drug-likeness (QED) is 0.433. The van der Waals surface area contributed by atoms with Crippen LogP contribution in [0.4, 0.5) is 13.2 Å². The lowest BCUT2D eigenvalue weighted by Crippen LogP contribution is -2.23. The molecule has 1 N–H and O–H groups in total. The topological polar surface area (TPSA) is 86.4 Å². The summed E-state index contributed by atoms with van der Waals surface area (Å²) in [5.74, 6) is -0.142. The molecule has 190 valence electrons. The summed E-state index contributed by atoms with van der Waals surface area (Å²) in [6.45, 7) is 3.69. The zero-order valence-electron chi connectivity index (χ0n) is 19.7. The summed E-state index contributed by atoms with van der Waals surface area (Å²) in [5.41, 5.74) is -0.500. The molecule has 7 nitrogen and oxygen atoms in total. The molecule has 0 aliphatic carbocycles. The zero-order valence-corrected chi connectivity index (χ0v) is 20.5. The van der Waals surface area contributed by atoms with Gasteiger partial charge in [0.25, 0.3) is 0 Å². The van der Waals surface area contributed by atoms with Crippen molar-refractivity contribution in [3.05, 3.63) is 104 Å². The minimum absolute atomic E-state index is 0.00655. The number of alkyl halides is 3. The molecule has 2 unspecified atom stereocenters. The van der Waals surface area contributed by atoms with E-state index in [1.807, 2.05) is 50.3 Å². The van der Waals surface area contributed by atoms with Crippen molar-refractivity contribution in [2.75, 3.05) is 5.75 Å². The number of ether oxygens (including phenoxy) is 1. The van der Waals surface area contributed by atoms with Gasteiger partial charge in [0.2, 0.25) is 0 Å². The second kappa shape index (κ2) is 9.73. The van der Waals surface area contributed by atoms with Gasteiger partial charge in [0.1, 0.15) is 5.76 Å². The molecule has 0 amide bonds. The van der Waals surface area contributed by atoms with Crippen molar-refractivity contribution in [1.82, 2.24) is 14.3 Å². The van der Waals surface area contributed by atoms with Gasteiger partial charge in [-0.1, -0.05) is 30.3 Å². The van der Waals surface area contributed by atoms with Crippen LogP contribution in [0.15, 0.2) is 81.0 Å². The van der Waals surface area contributed by atoms with Crippen LogP contribution in [0.1, 0.15) is 36.9 Å². The van der Waals surface area contributed by atoms with E-state index in [4.69, 9.17) is 4.74 Å². The molecule has 11 heteroatoms. The van der Waals surface area contributed by atoms with E-state index in [1.54, 1.807) is 0 Å². The Bertz CT molecular complexity index is 1410. The molecule has 0 saturated heterocycles. The molecule has 0 spiro atoms. The van der Waals surface area contributed by atoms with Gasteiger partial charge in [-0.2, -0.15) is 28.7 Å². The van der Waals surface area contributed by atoms with E-state index in [-0.39, 0.29) is 17.3 Å². The van der Waals surface area contributed by atoms with Crippen molar-refractivity contribution in [2.45, 2.75) is 26.1 Å². The van der Waals surface area contributed by atoms with Crippen LogP contribution in [0.25, 0.3) is 5.69 Å². The van der Waals surface area contributed by atoms with E-state index < -0.39 is 40.4 Å². The van der Waals surface area contributed by atoms with Gasteiger partial charge in [0, 0.05) is 17.5 Å². The predicted molar refractivity (Wildman–Crippen MR) is 131 cm³/mol. The van der Waals surface area contributed by atoms with Crippen molar-refractivity contribution in [3.8, 4) is 5.69 Å². The minimum atomic E-state index is -4.50. The molecule has 1 aliphatic rings. The average Bonchev–Trinajstić information content (AvgIpc) is 3.27. The van der Waals surface area contributed by atoms with Crippen LogP contribution in [0.3, 0.4) is 0 Å². The molecule has 2 aromatic carbocycles. The Labute approximate surface area is 207 Å². The molecule has 0 bridgehead atoms. The number of rotatable bonds is 7. The van der Waals surface area contributed by atoms with Gasteiger partial charge in [-0.3, -0.25) is 9.36 Å². The predicted octanol–water partition coefficient (Wildman–Crippen LogP) is 4.93. The summed E-state index contributed by atoms with van der Waals surface area (Å²) in [5, 5.41) is 13.7. The number of aromatic nitrogens is 3. The van der Waals surface area contributed by atoms with Gasteiger partial charge in [-0.05, 0) is 49.1 Å². The number of benzene rings is 2. The first-order valence-electron chi connectivity index (χ1n) is 10.9. The highest BCUT2D eigenvalue weighted by molar-refractivity contribution is 8.24. The second-order valence-electron chi connectivity index (χ2n) is 8.28. The van der Waals surface area contributed by atoms with Gasteiger partial charge in [-0.15, -0.1) is 5.10 Å². The maximum absolute atomic E-state index is 13.0. The van der Waals surface area contributed by atoms with Gasteiger partial charge < -0.3 is 9.84 Å². The van der Waals surface area contributed by atoms with Crippen LogP contribution >= 0.6 is 10.9 Å². The van der Waals surface area contributed by atoms with Crippen molar-refractivity contribution >= 4 is 16.9 Å². The first kappa shape index (κ1) is 25.4. The fourth-order valence-corrected chi connectivity index (χ4v) is 5.88. The fraction of sp³-hybridized carbons (Fsp3) is 0.240. The van der Waals surface area contributed by atoms with Crippen LogP contribution < -0.4 is 5.69 Å². The van der Waals surface area contributed by atoms with E-state index in [9.17, 15) is 27.9 Å². The van der Waals surface area contributed by atoms with Crippen LogP contribution in [0, 0.1) is 0 Å². The molecule has 3 aromatic rings. The Morgan fingerprint density at radius 3 is 2.33 bits per heavy atom. The van der Waals surface area contributed by atoms with Gasteiger partial charge in [0.05, 0.1) is 17.0 Å². The second-order valence-corrected chi connectivity index (χ2v) is 10.8. The number of halogens is 3. The molecule has 2 atom stereocenters. The first-order chi connectivity index (χ1) is 17.0. The highest BCUT2D eigenvalue weighted by Gasteiger charge is 2.31. The third kappa shape index (κ3) is 4.97. The van der Waals surface area contributed by atoms with Crippen LogP contribution in [0.2, 0.25) is 0 Å². The molecular weight excluding hydrogens is 495 g/mol. The Morgan fingerprint density at radius 1 is 1.11 bits per heavy atom. The summed E-state index contributed by atoms with van der Waals surface area (Å²) < 4.78 is 47.6. The summed E-state index contributed by atoms with van der Waals surface area (Å²) in [4.78, 5) is 26.1. The van der Waals surface area contributed by atoms with Crippen molar-refractivity contribution < 1.29 is 27.8 Å². The summed E-state index contributed by atoms with van der Waals surface area (Å²) >= 11 is 0. The fourth-order valence-electron chi connectivity index (χ4n) is 3.93. The van der Waals surface area contributed by atoms with Crippen LogP contribution in [-0.4, -0.2) is 31.2 Å². The number of hydrogen-bond acceptors (Lipinski definition) is 4. The van der Waals surface area contributed by atoms with Gasteiger partial charge in [0.15, 0.2) is 11.9 Å². The monoisotopic (exact) mass is 519 g/mol. The Hall–Kier alpha value is -3.73. The van der Waals surface area contributed by atoms with Crippen molar-refractivity contribution in [1.29, 1.82) is 0 Å². The molecular formula is C25H24F3N3O4S. The van der Waals surface area contributed by atoms with Gasteiger partial charge in [-0.25, -0.2) is 4.79 Å². The molecule has 0 fully saturated rings. The van der Waals surface area contributed by atoms with Crippen molar-refractivity contribution in [3.63, 3.8) is 0 Å². The standard InChI is InChI=1S/C25H24F3N3O4S/c1-15-13-20(16(2)36(15)14-21(32)33)35-22(17-7-5-4-6-8-17)23-29-31(24(34)30(23)3)19-11-9-18(10-12-19)25(26,27)28/h4-13,22,36H,14H2,1-3H3,(H,32,33). The van der Waals surface area contributed by atoms with E-state index in [1.165, 1.54) is 23.7 Å². The number of allylic oxidation sites excluding steroid dienone is 3. The number of hydrogen-bond donors (Lipinski definition) is 2. The number of carboxylic acid groups (broad SMARTS) is 1. The number of carbonyl (C=O) groups is 1. The lowest BCUT2D eigenvalue weighted by molar-refractivity contribution is -0.137. The maximum atomic E-state index is 13.0. The Kier molecular flexibility index (Phi) is 6.85. The molecule has 36 heavy (non-hydrogen) atoms. The summed E-state index contributed by atoms with van der Waals surface area (Å²) in [6.07, 6.45) is -3.51. The smallest absolute Gasteiger partial charge is 0.416 e. The summed E-state index contributed by atoms with van der Waals surface area (Å²) in [7, 11) is 0.471. The minimum Gasteiger partial charge on any atom is -0.481 e. The number of aliphatic carboxylic acids is 1. The number of carboxylic acids is 1. The molecule has 1 aromatic heterocycles. The third-order valence-corrected chi connectivity index (χ3v) is 8.45. The number of nitrogens with zero attached hydrogens (tertiary/aromatic N) is 3. The highest BCUT2D eigenvalue weighted by Crippen LogP contribution is 2.50. The van der Waals surface area contributed by atoms with Crippen LogP contribution in [-0.2, 0) is 22.8 Å². The molecule has 0 saturated carbocycles. The van der Waals surface area contributed by atoms with E-state index in [0.717, 1.165) is 26.6 Å². The normalized spacial score (nSPS) is 17.7. The molecule has 2 heterocycles. The molecule has 4 rings (SSSR count). The Morgan fingerprint density at radius 2 is 1.75 bits per heavy atom. The Balaban J connectivity index is 1.76.